The first kappa shape index (κ1) is 15.6. The van der Waals surface area contributed by atoms with Crippen LogP contribution >= 0.6 is 0 Å². The maximum Gasteiger partial charge on any atom is 0.244 e. The number of carbonyl (C=O) groups excluding carboxylic acids is 1. The Labute approximate surface area is 129 Å². The molecule has 0 atom stereocenters. The molecule has 5 nitrogen and oxygen atoms in total. The van der Waals surface area contributed by atoms with Crippen molar-refractivity contribution < 1.29 is 14.3 Å². The molecule has 114 valence electrons. The number of benzene rings is 1. The summed E-state index contributed by atoms with van der Waals surface area (Å²) in [5.41, 5.74) is 1.72. The van der Waals surface area contributed by atoms with Crippen molar-refractivity contribution in [1.82, 2.24) is 10.3 Å². The molecular weight excluding hydrogens is 280 g/mol. The molecule has 2 aromatic rings. The lowest BCUT2D eigenvalue weighted by Crippen LogP contribution is -2.20. The Morgan fingerprint density at radius 2 is 1.77 bits per heavy atom. The third-order valence-corrected chi connectivity index (χ3v) is 3.08. The third-order valence-electron chi connectivity index (χ3n) is 3.08. The van der Waals surface area contributed by atoms with Gasteiger partial charge in [0.2, 0.25) is 5.91 Å². The summed E-state index contributed by atoms with van der Waals surface area (Å²) in [6, 6.07) is 9.17. The zero-order chi connectivity index (χ0) is 15.8. The Kier molecular flexibility index (Phi) is 5.54. The molecule has 2 rings (SSSR count). The quantitative estimate of drug-likeness (QED) is 0.832. The minimum Gasteiger partial charge on any atom is -0.496 e. The van der Waals surface area contributed by atoms with Gasteiger partial charge in [-0.05, 0) is 35.9 Å². The highest BCUT2D eigenvalue weighted by Gasteiger charge is 2.07. The second kappa shape index (κ2) is 7.83. The van der Waals surface area contributed by atoms with E-state index in [-0.39, 0.29) is 5.91 Å². The van der Waals surface area contributed by atoms with Crippen LogP contribution in [0, 0.1) is 0 Å². The van der Waals surface area contributed by atoms with Crippen LogP contribution in [0.3, 0.4) is 0 Å². The molecule has 0 unspecified atom stereocenters. The van der Waals surface area contributed by atoms with Crippen LogP contribution in [0.4, 0.5) is 0 Å². The van der Waals surface area contributed by atoms with E-state index in [4.69, 9.17) is 9.47 Å². The predicted octanol–water partition coefficient (Wildman–Crippen LogP) is 2.43. The molecule has 0 aliphatic carbocycles. The molecule has 0 bridgehead atoms. The minimum atomic E-state index is -0.190. The van der Waals surface area contributed by atoms with E-state index >= 15 is 0 Å². The van der Waals surface area contributed by atoms with E-state index in [1.54, 1.807) is 32.7 Å². The van der Waals surface area contributed by atoms with Crippen LogP contribution in [-0.4, -0.2) is 25.1 Å². The van der Waals surface area contributed by atoms with Crippen molar-refractivity contribution in [3.05, 3.63) is 59.9 Å². The normalized spacial score (nSPS) is 10.5. The highest BCUT2D eigenvalue weighted by molar-refractivity contribution is 5.92. The van der Waals surface area contributed by atoms with Crippen LogP contribution in [0.5, 0.6) is 11.5 Å². The van der Waals surface area contributed by atoms with Crippen LogP contribution in [0.25, 0.3) is 6.08 Å². The van der Waals surface area contributed by atoms with Gasteiger partial charge in [-0.25, -0.2) is 0 Å². The Balaban J connectivity index is 2.03. The molecule has 0 fully saturated rings. The van der Waals surface area contributed by atoms with Crippen LogP contribution < -0.4 is 14.8 Å². The number of hydrogen-bond acceptors (Lipinski definition) is 4. The maximum absolute atomic E-state index is 11.9. The Morgan fingerprint density at radius 1 is 1.14 bits per heavy atom. The number of amides is 1. The molecule has 0 saturated carbocycles. The van der Waals surface area contributed by atoms with Gasteiger partial charge in [0.05, 0.1) is 19.8 Å². The lowest BCUT2D eigenvalue weighted by molar-refractivity contribution is -0.116. The number of aromatic nitrogens is 1. The summed E-state index contributed by atoms with van der Waals surface area (Å²) in [4.78, 5) is 15.8. The maximum atomic E-state index is 11.9. The number of rotatable bonds is 6. The number of nitrogens with one attached hydrogen (secondary N) is 1. The molecule has 0 aliphatic heterocycles. The monoisotopic (exact) mass is 298 g/mol. The minimum absolute atomic E-state index is 0.190. The summed E-state index contributed by atoms with van der Waals surface area (Å²) in [5, 5.41) is 2.81. The van der Waals surface area contributed by atoms with Crippen LogP contribution in [0.1, 0.15) is 11.1 Å². The van der Waals surface area contributed by atoms with Crippen molar-refractivity contribution in [2.24, 2.45) is 0 Å². The van der Waals surface area contributed by atoms with Gasteiger partial charge in [-0.15, -0.1) is 0 Å². The van der Waals surface area contributed by atoms with Crippen molar-refractivity contribution in [2.75, 3.05) is 14.2 Å². The van der Waals surface area contributed by atoms with Crippen molar-refractivity contribution in [3.63, 3.8) is 0 Å². The van der Waals surface area contributed by atoms with E-state index in [1.807, 2.05) is 30.3 Å². The predicted molar refractivity (Wildman–Crippen MR) is 84.7 cm³/mol. The van der Waals surface area contributed by atoms with E-state index in [1.165, 1.54) is 6.08 Å². The third kappa shape index (κ3) is 4.09. The molecule has 0 saturated heterocycles. The number of methoxy groups -OCH3 is 2. The first-order valence-electron chi connectivity index (χ1n) is 6.80. The van der Waals surface area contributed by atoms with Crippen molar-refractivity contribution in [1.29, 1.82) is 0 Å². The van der Waals surface area contributed by atoms with Crippen molar-refractivity contribution in [2.45, 2.75) is 6.54 Å². The molecule has 1 amide bonds. The fraction of sp³-hybridized carbons (Fsp3) is 0.176. The lowest BCUT2D eigenvalue weighted by Gasteiger charge is -2.09. The molecule has 1 aromatic carbocycles. The largest absolute Gasteiger partial charge is 0.496 e. The van der Waals surface area contributed by atoms with Gasteiger partial charge in [0.25, 0.3) is 0 Å². The molecule has 0 aliphatic rings. The molecule has 1 aromatic heterocycles. The zero-order valence-electron chi connectivity index (χ0n) is 12.6. The van der Waals surface area contributed by atoms with E-state index in [0.717, 1.165) is 11.1 Å². The van der Waals surface area contributed by atoms with Gasteiger partial charge < -0.3 is 14.8 Å². The molecule has 1 heterocycles. The number of ether oxygens (including phenoxy) is 2. The molecule has 22 heavy (non-hydrogen) atoms. The SMILES string of the molecule is COc1cccc(OC)c1/C=C/C(=O)NCc1ccncc1. The Bertz CT molecular complexity index is 632. The van der Waals surface area contributed by atoms with Gasteiger partial charge in [0, 0.05) is 25.0 Å². The highest BCUT2D eigenvalue weighted by atomic mass is 16.5. The molecule has 0 spiro atoms. The highest BCUT2D eigenvalue weighted by Crippen LogP contribution is 2.29. The van der Waals surface area contributed by atoms with E-state index in [0.29, 0.717) is 18.0 Å². The van der Waals surface area contributed by atoms with Gasteiger partial charge in [0.1, 0.15) is 11.5 Å². The summed E-state index contributed by atoms with van der Waals surface area (Å²) < 4.78 is 10.6. The average molecular weight is 298 g/mol. The van der Waals surface area contributed by atoms with Gasteiger partial charge in [0.15, 0.2) is 0 Å². The van der Waals surface area contributed by atoms with Gasteiger partial charge >= 0.3 is 0 Å². The number of nitrogens with zero attached hydrogens (tertiary/aromatic N) is 1. The van der Waals surface area contributed by atoms with Crippen LogP contribution in [0.2, 0.25) is 0 Å². The molecule has 5 heteroatoms. The van der Waals surface area contributed by atoms with Crippen LogP contribution in [-0.2, 0) is 11.3 Å². The fourth-order valence-electron chi connectivity index (χ4n) is 1.95. The van der Waals surface area contributed by atoms with Crippen molar-refractivity contribution >= 4 is 12.0 Å². The number of pyridine rings is 1. The summed E-state index contributed by atoms with van der Waals surface area (Å²) >= 11 is 0. The first-order chi connectivity index (χ1) is 10.7. The second-order valence-corrected chi connectivity index (χ2v) is 4.48. The molecule has 1 N–H and O–H groups in total. The lowest BCUT2D eigenvalue weighted by atomic mass is 10.1. The number of hydrogen-bond donors (Lipinski definition) is 1. The van der Waals surface area contributed by atoms with Gasteiger partial charge in [-0.1, -0.05) is 6.07 Å². The summed E-state index contributed by atoms with van der Waals surface area (Å²) in [6.07, 6.45) is 6.52. The topological polar surface area (TPSA) is 60.5 Å². The standard InChI is InChI=1S/C17H18N2O3/c1-21-15-4-3-5-16(22-2)14(15)6-7-17(20)19-12-13-8-10-18-11-9-13/h3-11H,12H2,1-2H3,(H,19,20)/b7-6+. The first-order valence-corrected chi connectivity index (χ1v) is 6.80. The smallest absolute Gasteiger partial charge is 0.244 e. The zero-order valence-corrected chi connectivity index (χ0v) is 12.6. The van der Waals surface area contributed by atoms with Crippen LogP contribution in [0.15, 0.2) is 48.8 Å². The fourth-order valence-corrected chi connectivity index (χ4v) is 1.95. The summed E-state index contributed by atoms with van der Waals surface area (Å²) in [7, 11) is 3.16. The van der Waals surface area contributed by atoms with Gasteiger partial charge in [-0.3, -0.25) is 9.78 Å². The summed E-state index contributed by atoms with van der Waals surface area (Å²) in [5.74, 6) is 1.11. The Hall–Kier alpha value is -2.82. The van der Waals surface area contributed by atoms with Crippen molar-refractivity contribution in [3.8, 4) is 11.5 Å². The van der Waals surface area contributed by atoms with E-state index in [9.17, 15) is 4.79 Å². The second-order valence-electron chi connectivity index (χ2n) is 4.48. The Morgan fingerprint density at radius 3 is 2.36 bits per heavy atom. The van der Waals surface area contributed by atoms with E-state index in [2.05, 4.69) is 10.3 Å². The van der Waals surface area contributed by atoms with Gasteiger partial charge in [-0.2, -0.15) is 0 Å². The molecular formula is C17H18N2O3. The average Bonchev–Trinajstić information content (AvgIpc) is 2.58. The molecule has 0 radical (unpaired) electrons. The van der Waals surface area contributed by atoms with E-state index < -0.39 is 0 Å². The summed E-state index contributed by atoms with van der Waals surface area (Å²) in [6.45, 7) is 0.453. The number of carbonyl (C=O) groups is 1.